The third-order valence-electron chi connectivity index (χ3n) is 5.58. The number of piperidine rings is 1. The summed E-state index contributed by atoms with van der Waals surface area (Å²) in [6, 6.07) is 13.8. The fourth-order valence-electron chi connectivity index (χ4n) is 3.88. The van der Waals surface area contributed by atoms with Crippen LogP contribution in [-0.4, -0.2) is 38.8 Å². The number of carbonyl (C=O) groups excluding carboxylic acids is 1. The van der Waals surface area contributed by atoms with Gasteiger partial charge in [-0.05, 0) is 61.1 Å². The quantitative estimate of drug-likeness (QED) is 0.655. The van der Waals surface area contributed by atoms with Crippen molar-refractivity contribution in [3.8, 4) is 5.75 Å². The van der Waals surface area contributed by atoms with Crippen LogP contribution in [0.25, 0.3) is 0 Å². The van der Waals surface area contributed by atoms with Crippen LogP contribution in [0, 0.1) is 5.92 Å². The fourth-order valence-corrected chi connectivity index (χ4v) is 5.44. The van der Waals surface area contributed by atoms with Gasteiger partial charge in [-0.1, -0.05) is 38.5 Å². The molecular formula is C24H32N2O4S. The number of sulfonamides is 1. The molecule has 168 valence electrons. The highest BCUT2D eigenvalue weighted by molar-refractivity contribution is 7.89. The first-order valence-electron chi connectivity index (χ1n) is 10.9. The SMILES string of the molecule is COc1ccc([C@@H](CC(C)C)NC(=O)c2cccc(S(=O)(=O)N3CCCCC3)c2)cc1. The summed E-state index contributed by atoms with van der Waals surface area (Å²) in [4.78, 5) is 13.2. The summed E-state index contributed by atoms with van der Waals surface area (Å²) in [7, 11) is -1.97. The van der Waals surface area contributed by atoms with E-state index in [1.165, 1.54) is 10.4 Å². The van der Waals surface area contributed by atoms with E-state index >= 15 is 0 Å². The Balaban J connectivity index is 1.81. The van der Waals surface area contributed by atoms with Crippen LogP contribution in [0.15, 0.2) is 53.4 Å². The third-order valence-corrected chi connectivity index (χ3v) is 7.47. The van der Waals surface area contributed by atoms with Crippen molar-refractivity contribution < 1.29 is 17.9 Å². The van der Waals surface area contributed by atoms with Crippen molar-refractivity contribution in [1.29, 1.82) is 0 Å². The Labute approximate surface area is 185 Å². The minimum absolute atomic E-state index is 0.173. The van der Waals surface area contributed by atoms with Crippen LogP contribution < -0.4 is 10.1 Å². The van der Waals surface area contributed by atoms with E-state index < -0.39 is 10.0 Å². The molecule has 1 amide bonds. The van der Waals surface area contributed by atoms with Gasteiger partial charge in [0.2, 0.25) is 10.0 Å². The molecule has 0 aliphatic carbocycles. The van der Waals surface area contributed by atoms with E-state index in [-0.39, 0.29) is 16.8 Å². The van der Waals surface area contributed by atoms with Gasteiger partial charge in [-0.3, -0.25) is 4.79 Å². The Morgan fingerprint density at radius 2 is 1.74 bits per heavy atom. The predicted octanol–water partition coefficient (Wildman–Crippen LogP) is 4.39. The van der Waals surface area contributed by atoms with Crippen molar-refractivity contribution in [2.24, 2.45) is 5.92 Å². The number of nitrogens with zero attached hydrogens (tertiary/aromatic N) is 1. The molecule has 2 aromatic rings. The van der Waals surface area contributed by atoms with Crippen LogP contribution in [0.5, 0.6) is 5.75 Å². The molecule has 1 N–H and O–H groups in total. The zero-order valence-corrected chi connectivity index (χ0v) is 19.3. The van der Waals surface area contributed by atoms with E-state index in [1.54, 1.807) is 25.3 Å². The molecule has 0 unspecified atom stereocenters. The van der Waals surface area contributed by atoms with Gasteiger partial charge in [0.25, 0.3) is 5.91 Å². The van der Waals surface area contributed by atoms with Gasteiger partial charge in [-0.25, -0.2) is 8.42 Å². The summed E-state index contributed by atoms with van der Waals surface area (Å²) in [5.74, 6) is 0.851. The molecule has 1 aliphatic rings. The summed E-state index contributed by atoms with van der Waals surface area (Å²) in [6.07, 6.45) is 3.57. The lowest BCUT2D eigenvalue weighted by atomic mass is 9.96. The summed E-state index contributed by atoms with van der Waals surface area (Å²) < 4.78 is 32.7. The Morgan fingerprint density at radius 3 is 2.35 bits per heavy atom. The van der Waals surface area contributed by atoms with Crippen LogP contribution in [0.2, 0.25) is 0 Å². The van der Waals surface area contributed by atoms with Crippen molar-refractivity contribution >= 4 is 15.9 Å². The molecule has 1 aliphatic heterocycles. The number of hydrogen-bond donors (Lipinski definition) is 1. The minimum atomic E-state index is -3.59. The normalized spacial score (nSPS) is 16.1. The van der Waals surface area contributed by atoms with E-state index in [0.29, 0.717) is 24.6 Å². The Morgan fingerprint density at radius 1 is 1.06 bits per heavy atom. The van der Waals surface area contributed by atoms with Gasteiger partial charge in [0.1, 0.15) is 5.75 Å². The second-order valence-corrected chi connectivity index (χ2v) is 10.4. The summed E-state index contributed by atoms with van der Waals surface area (Å²) in [5.41, 5.74) is 1.33. The molecule has 6 nitrogen and oxygen atoms in total. The molecule has 0 aromatic heterocycles. The lowest BCUT2D eigenvalue weighted by Crippen LogP contribution is -2.35. The van der Waals surface area contributed by atoms with E-state index in [0.717, 1.165) is 37.0 Å². The molecule has 3 rings (SSSR count). The number of carbonyl (C=O) groups is 1. The predicted molar refractivity (Wildman–Crippen MR) is 122 cm³/mol. The highest BCUT2D eigenvalue weighted by Gasteiger charge is 2.27. The maximum atomic E-state index is 13.0. The van der Waals surface area contributed by atoms with Crippen LogP contribution in [0.3, 0.4) is 0 Å². The van der Waals surface area contributed by atoms with Crippen LogP contribution in [-0.2, 0) is 10.0 Å². The van der Waals surface area contributed by atoms with E-state index in [4.69, 9.17) is 4.74 Å². The number of benzene rings is 2. The molecule has 0 spiro atoms. The van der Waals surface area contributed by atoms with Crippen LogP contribution in [0.4, 0.5) is 0 Å². The smallest absolute Gasteiger partial charge is 0.251 e. The van der Waals surface area contributed by atoms with Crippen molar-refractivity contribution in [1.82, 2.24) is 9.62 Å². The van der Waals surface area contributed by atoms with Crippen LogP contribution in [0.1, 0.15) is 61.5 Å². The Kier molecular flexibility index (Phi) is 7.73. The average Bonchev–Trinajstić information content (AvgIpc) is 2.79. The fraction of sp³-hybridized carbons (Fsp3) is 0.458. The van der Waals surface area contributed by atoms with Gasteiger partial charge in [0.05, 0.1) is 18.0 Å². The lowest BCUT2D eigenvalue weighted by molar-refractivity contribution is 0.0931. The molecule has 1 fully saturated rings. The molecule has 0 radical (unpaired) electrons. The highest BCUT2D eigenvalue weighted by atomic mass is 32.2. The van der Waals surface area contributed by atoms with Crippen molar-refractivity contribution in [3.63, 3.8) is 0 Å². The van der Waals surface area contributed by atoms with Gasteiger partial charge in [0.15, 0.2) is 0 Å². The number of methoxy groups -OCH3 is 1. The number of rotatable bonds is 8. The number of ether oxygens (including phenoxy) is 1. The summed E-state index contributed by atoms with van der Waals surface area (Å²) in [5, 5.41) is 3.09. The van der Waals surface area contributed by atoms with Crippen molar-refractivity contribution in [2.75, 3.05) is 20.2 Å². The largest absolute Gasteiger partial charge is 0.497 e. The molecule has 7 heteroatoms. The summed E-state index contributed by atoms with van der Waals surface area (Å²) >= 11 is 0. The van der Waals surface area contributed by atoms with Gasteiger partial charge in [-0.2, -0.15) is 4.31 Å². The van der Waals surface area contributed by atoms with Crippen molar-refractivity contribution in [2.45, 2.75) is 50.5 Å². The molecule has 1 saturated heterocycles. The van der Waals surface area contributed by atoms with Gasteiger partial charge < -0.3 is 10.1 Å². The Bertz CT molecular complexity index is 981. The molecule has 1 heterocycles. The standard InChI is InChI=1S/C24H32N2O4S/c1-18(2)16-23(19-10-12-21(30-3)13-11-19)25-24(27)20-8-7-9-22(17-20)31(28,29)26-14-5-4-6-15-26/h7-13,17-18,23H,4-6,14-16H2,1-3H3,(H,25,27)/t23-/m1/s1. The van der Waals surface area contributed by atoms with Gasteiger partial charge >= 0.3 is 0 Å². The second kappa shape index (κ2) is 10.3. The maximum Gasteiger partial charge on any atom is 0.251 e. The summed E-state index contributed by atoms with van der Waals surface area (Å²) in [6.45, 7) is 5.28. The lowest BCUT2D eigenvalue weighted by Gasteiger charge is -2.26. The first-order valence-corrected chi connectivity index (χ1v) is 12.3. The zero-order valence-electron chi connectivity index (χ0n) is 18.5. The monoisotopic (exact) mass is 444 g/mol. The number of nitrogens with one attached hydrogen (secondary N) is 1. The molecule has 2 aromatic carbocycles. The van der Waals surface area contributed by atoms with Gasteiger partial charge in [-0.15, -0.1) is 0 Å². The molecular weight excluding hydrogens is 412 g/mol. The number of hydrogen-bond acceptors (Lipinski definition) is 4. The molecule has 1 atom stereocenters. The van der Waals surface area contributed by atoms with E-state index in [1.807, 2.05) is 24.3 Å². The first kappa shape index (κ1) is 23.3. The van der Waals surface area contributed by atoms with E-state index in [9.17, 15) is 13.2 Å². The molecule has 0 bridgehead atoms. The average molecular weight is 445 g/mol. The van der Waals surface area contributed by atoms with E-state index in [2.05, 4.69) is 19.2 Å². The minimum Gasteiger partial charge on any atom is -0.497 e. The Hall–Kier alpha value is -2.38. The number of amides is 1. The third kappa shape index (κ3) is 5.86. The second-order valence-electron chi connectivity index (χ2n) is 8.42. The maximum absolute atomic E-state index is 13.0. The van der Waals surface area contributed by atoms with Crippen LogP contribution >= 0.6 is 0 Å². The zero-order chi connectivity index (χ0) is 22.4. The topological polar surface area (TPSA) is 75.7 Å². The molecule has 0 saturated carbocycles. The first-order chi connectivity index (χ1) is 14.8. The molecule has 31 heavy (non-hydrogen) atoms. The van der Waals surface area contributed by atoms with Crippen molar-refractivity contribution in [3.05, 3.63) is 59.7 Å². The van der Waals surface area contributed by atoms with Gasteiger partial charge in [0, 0.05) is 18.7 Å². The highest BCUT2D eigenvalue weighted by Crippen LogP contribution is 2.25.